The number of alkyl carbamates (subject to hydrolysis) is 1. The van der Waals surface area contributed by atoms with Crippen molar-refractivity contribution in [3.05, 3.63) is 102 Å². The van der Waals surface area contributed by atoms with Gasteiger partial charge in [-0.15, -0.1) is 0 Å². The van der Waals surface area contributed by atoms with E-state index in [0.717, 1.165) is 16.9 Å². The number of carbonyl (C=O) groups is 4. The Morgan fingerprint density at radius 2 is 1.64 bits per heavy atom. The van der Waals surface area contributed by atoms with E-state index < -0.39 is 47.6 Å². The number of anilines is 1. The monoisotopic (exact) mass is 596 g/mol. The van der Waals surface area contributed by atoms with Gasteiger partial charge in [0.1, 0.15) is 12.2 Å². The zero-order valence-corrected chi connectivity index (χ0v) is 25.0. The molecule has 44 heavy (non-hydrogen) atoms. The van der Waals surface area contributed by atoms with Gasteiger partial charge in [0.2, 0.25) is 6.17 Å². The van der Waals surface area contributed by atoms with Crippen molar-refractivity contribution in [2.75, 3.05) is 11.4 Å². The molecule has 1 fully saturated rings. The fourth-order valence-corrected chi connectivity index (χ4v) is 5.28. The second kappa shape index (κ2) is 13.2. The molecule has 0 spiro atoms. The Labute approximate surface area is 256 Å². The van der Waals surface area contributed by atoms with E-state index in [0.29, 0.717) is 35.5 Å². The molecule has 2 aliphatic heterocycles. The highest BCUT2D eigenvalue weighted by Gasteiger charge is 2.47. The number of nitrogens with zero attached hydrogens (tertiary/aromatic N) is 2. The van der Waals surface area contributed by atoms with Crippen molar-refractivity contribution >= 4 is 35.2 Å². The van der Waals surface area contributed by atoms with Crippen LogP contribution in [-0.4, -0.2) is 59.9 Å². The number of nitrogens with one attached hydrogen (secondary N) is 2. The second-order valence-corrected chi connectivity index (χ2v) is 11.7. The standard InChI is InChI=1S/C34H36N4O6/c1-34(2,3)44-32(41)28(29(39)25-18-12-20-35-25)38-26-19-11-10-17-24(26)27(23-15-8-5-9-16-23)36-30(31(38)40)37-33(42)43-21-22-13-6-4-7-14-22/h4-11,13-17,19,25,28,30,35H,12,18,20-21H2,1-3H3,(H,37,42)/t25-,28?,30?/m0/s1. The topological polar surface area (TPSA) is 126 Å². The molecule has 3 aromatic carbocycles. The Hall–Kier alpha value is -4.83. The summed E-state index contributed by atoms with van der Waals surface area (Å²) >= 11 is 0. The van der Waals surface area contributed by atoms with E-state index in [1.165, 1.54) is 0 Å². The molecular weight excluding hydrogens is 560 g/mol. The van der Waals surface area contributed by atoms with Crippen LogP contribution in [0.15, 0.2) is 89.9 Å². The molecule has 1 saturated heterocycles. The van der Waals surface area contributed by atoms with E-state index >= 15 is 0 Å². The molecular formula is C34H36N4O6. The first kappa shape index (κ1) is 30.6. The number of ether oxygens (including phenoxy) is 2. The van der Waals surface area contributed by atoms with Gasteiger partial charge in [-0.25, -0.2) is 14.6 Å². The molecule has 2 unspecified atom stereocenters. The van der Waals surface area contributed by atoms with Crippen molar-refractivity contribution in [2.45, 2.75) is 64.1 Å². The van der Waals surface area contributed by atoms with E-state index in [-0.39, 0.29) is 6.61 Å². The number of benzodiazepines with no additional fused rings is 1. The first-order valence-electron chi connectivity index (χ1n) is 14.7. The summed E-state index contributed by atoms with van der Waals surface area (Å²) in [5.41, 5.74) is 1.71. The SMILES string of the molecule is CC(C)(C)OC(=O)C(C(=O)[C@@H]1CCCN1)N1C(=O)C(NC(=O)OCc2ccccc2)N=C(c2ccccc2)c2ccccc21. The van der Waals surface area contributed by atoms with Crippen LogP contribution in [0, 0.1) is 0 Å². The number of fused-ring (bicyclic) bond motifs is 1. The summed E-state index contributed by atoms with van der Waals surface area (Å²) in [6.45, 7) is 5.67. The number of Topliss-reactive ketones (excluding diaryl/α,β-unsaturated/α-hetero) is 1. The molecule has 0 aliphatic carbocycles. The molecule has 228 valence electrons. The van der Waals surface area contributed by atoms with E-state index in [1.54, 1.807) is 45.0 Å². The number of para-hydroxylation sites is 1. The molecule has 2 amide bonds. The molecule has 0 bridgehead atoms. The van der Waals surface area contributed by atoms with E-state index in [1.807, 2.05) is 60.7 Å². The number of carbonyl (C=O) groups excluding carboxylic acids is 4. The highest BCUT2D eigenvalue weighted by molar-refractivity contribution is 6.23. The summed E-state index contributed by atoms with van der Waals surface area (Å²) in [6, 6.07) is 22.9. The predicted octanol–water partition coefficient (Wildman–Crippen LogP) is 4.15. The van der Waals surface area contributed by atoms with Gasteiger partial charge < -0.3 is 14.8 Å². The molecule has 10 nitrogen and oxygen atoms in total. The lowest BCUT2D eigenvalue weighted by Crippen LogP contribution is -2.59. The number of benzene rings is 3. The summed E-state index contributed by atoms with van der Waals surface area (Å²) in [7, 11) is 0. The number of esters is 1. The van der Waals surface area contributed by atoms with Crippen LogP contribution < -0.4 is 15.5 Å². The van der Waals surface area contributed by atoms with Gasteiger partial charge in [-0.3, -0.25) is 19.8 Å². The van der Waals surface area contributed by atoms with Crippen LogP contribution >= 0.6 is 0 Å². The zero-order chi connectivity index (χ0) is 31.3. The Kier molecular flexibility index (Phi) is 9.20. The summed E-state index contributed by atoms with van der Waals surface area (Å²) < 4.78 is 11.1. The lowest BCUT2D eigenvalue weighted by molar-refractivity contribution is -0.159. The third-order valence-electron chi connectivity index (χ3n) is 7.22. The van der Waals surface area contributed by atoms with Crippen molar-refractivity contribution in [2.24, 2.45) is 4.99 Å². The fraction of sp³-hybridized carbons (Fsp3) is 0.324. The van der Waals surface area contributed by atoms with Crippen LogP contribution in [0.2, 0.25) is 0 Å². The lowest BCUT2D eigenvalue weighted by Gasteiger charge is -2.34. The first-order chi connectivity index (χ1) is 21.1. The molecule has 3 aromatic rings. The molecule has 0 aromatic heterocycles. The van der Waals surface area contributed by atoms with Crippen molar-refractivity contribution < 1.29 is 28.7 Å². The number of ketones is 1. The maximum Gasteiger partial charge on any atom is 0.409 e. The molecule has 2 N–H and O–H groups in total. The normalized spacial score (nSPS) is 18.8. The highest BCUT2D eigenvalue weighted by Crippen LogP contribution is 2.32. The van der Waals surface area contributed by atoms with Gasteiger partial charge in [0, 0.05) is 11.1 Å². The average Bonchev–Trinajstić information content (AvgIpc) is 3.52. The number of aliphatic imine (C=N–C) groups is 1. The van der Waals surface area contributed by atoms with E-state index in [4.69, 9.17) is 14.5 Å². The second-order valence-electron chi connectivity index (χ2n) is 11.7. The maximum absolute atomic E-state index is 14.5. The number of hydrogen-bond acceptors (Lipinski definition) is 8. The van der Waals surface area contributed by atoms with Gasteiger partial charge in [0.25, 0.3) is 5.91 Å². The number of amides is 2. The third kappa shape index (κ3) is 7.03. The lowest BCUT2D eigenvalue weighted by atomic mass is 9.97. The van der Waals surface area contributed by atoms with Crippen LogP contribution in [0.4, 0.5) is 10.5 Å². The maximum atomic E-state index is 14.5. The Morgan fingerprint density at radius 1 is 0.977 bits per heavy atom. The zero-order valence-electron chi connectivity index (χ0n) is 25.0. The summed E-state index contributed by atoms with van der Waals surface area (Å²) in [5.74, 6) is -2.14. The van der Waals surface area contributed by atoms with Gasteiger partial charge in [-0.2, -0.15) is 0 Å². The van der Waals surface area contributed by atoms with Crippen molar-refractivity contribution in [1.82, 2.24) is 10.6 Å². The highest BCUT2D eigenvalue weighted by atomic mass is 16.6. The van der Waals surface area contributed by atoms with Crippen LogP contribution in [0.3, 0.4) is 0 Å². The van der Waals surface area contributed by atoms with E-state index in [2.05, 4.69) is 10.6 Å². The summed E-state index contributed by atoms with van der Waals surface area (Å²) in [4.78, 5) is 61.3. The van der Waals surface area contributed by atoms with E-state index in [9.17, 15) is 19.2 Å². The first-order valence-corrected chi connectivity index (χ1v) is 14.7. The Balaban J connectivity index is 1.59. The van der Waals surface area contributed by atoms with Crippen LogP contribution in [-0.2, 0) is 30.5 Å². The molecule has 3 atom stereocenters. The summed E-state index contributed by atoms with van der Waals surface area (Å²) in [6.07, 6.45) is -1.14. The average molecular weight is 597 g/mol. The molecule has 2 heterocycles. The number of hydrogen-bond donors (Lipinski definition) is 2. The van der Waals surface area contributed by atoms with Gasteiger partial charge in [-0.05, 0) is 51.8 Å². The van der Waals surface area contributed by atoms with Gasteiger partial charge in [0.15, 0.2) is 11.8 Å². The van der Waals surface area contributed by atoms with Gasteiger partial charge >= 0.3 is 12.1 Å². The Morgan fingerprint density at radius 3 is 2.30 bits per heavy atom. The minimum absolute atomic E-state index is 0.0286. The third-order valence-corrected chi connectivity index (χ3v) is 7.22. The Bertz CT molecular complexity index is 1540. The van der Waals surface area contributed by atoms with Gasteiger partial charge in [-0.1, -0.05) is 78.9 Å². The molecule has 0 radical (unpaired) electrons. The van der Waals surface area contributed by atoms with Crippen molar-refractivity contribution in [3.63, 3.8) is 0 Å². The molecule has 2 aliphatic rings. The molecule has 10 heteroatoms. The van der Waals surface area contributed by atoms with Crippen LogP contribution in [0.5, 0.6) is 0 Å². The minimum Gasteiger partial charge on any atom is -0.458 e. The van der Waals surface area contributed by atoms with Crippen LogP contribution in [0.25, 0.3) is 0 Å². The molecule has 5 rings (SSSR count). The largest absolute Gasteiger partial charge is 0.458 e. The smallest absolute Gasteiger partial charge is 0.409 e. The fourth-order valence-electron chi connectivity index (χ4n) is 5.28. The predicted molar refractivity (Wildman–Crippen MR) is 165 cm³/mol. The number of rotatable bonds is 8. The summed E-state index contributed by atoms with van der Waals surface area (Å²) in [5, 5.41) is 5.72. The minimum atomic E-state index is -1.63. The van der Waals surface area contributed by atoms with Crippen LogP contribution in [0.1, 0.15) is 50.3 Å². The van der Waals surface area contributed by atoms with Crippen molar-refractivity contribution in [3.8, 4) is 0 Å². The molecule has 0 saturated carbocycles. The quantitative estimate of drug-likeness (QED) is 0.296. The van der Waals surface area contributed by atoms with Gasteiger partial charge in [0.05, 0.1) is 17.4 Å². The van der Waals surface area contributed by atoms with Crippen molar-refractivity contribution in [1.29, 1.82) is 0 Å².